The molecule has 0 spiro atoms. The molecule has 29 heavy (non-hydrogen) atoms. The Morgan fingerprint density at radius 2 is 2.17 bits per heavy atom. The highest BCUT2D eigenvalue weighted by atomic mass is 127. The molecule has 0 radical (unpaired) electrons. The quantitative estimate of drug-likeness (QED) is 0.342. The standard InChI is InChI=1S/C19H16IN7O2/c20-14-3-1-2-11-8-13(25-27(11)14)16-15-12(21-9-22-15)6-7-26(16)19(28)18-24-23-17(29-18)10-4-5-10/h1-3,8-10,16H,4-7H2,(H,21,22)/t16-/m1/s1. The fraction of sp³-hybridized carbons (Fsp3) is 0.316. The van der Waals surface area contributed by atoms with Crippen molar-refractivity contribution in [3.63, 3.8) is 0 Å². The molecule has 1 atom stereocenters. The Hall–Kier alpha value is -2.76. The zero-order valence-corrected chi connectivity index (χ0v) is 17.4. The Labute approximate surface area is 178 Å². The second-order valence-corrected chi connectivity index (χ2v) is 8.50. The van der Waals surface area contributed by atoms with Crippen LogP contribution in [0, 0.1) is 3.70 Å². The lowest BCUT2D eigenvalue weighted by Crippen LogP contribution is -2.41. The van der Waals surface area contributed by atoms with E-state index >= 15 is 0 Å². The van der Waals surface area contributed by atoms with Gasteiger partial charge in [0.1, 0.15) is 9.74 Å². The molecule has 6 rings (SSSR count). The third-order valence-corrected chi connectivity index (χ3v) is 6.29. The number of aromatic amines is 1. The second kappa shape index (κ2) is 6.37. The van der Waals surface area contributed by atoms with E-state index in [2.05, 4.69) is 42.8 Å². The van der Waals surface area contributed by atoms with Gasteiger partial charge in [0.05, 0.1) is 23.2 Å². The molecule has 1 amide bonds. The first kappa shape index (κ1) is 17.1. The smallest absolute Gasteiger partial charge is 0.312 e. The van der Waals surface area contributed by atoms with Crippen molar-refractivity contribution in [1.82, 2.24) is 34.7 Å². The van der Waals surface area contributed by atoms with Crippen molar-refractivity contribution in [3.05, 3.63) is 63.2 Å². The minimum absolute atomic E-state index is 0.0363. The molecular weight excluding hydrogens is 485 g/mol. The molecular formula is C19H16IN7O2. The summed E-state index contributed by atoms with van der Waals surface area (Å²) in [6.45, 7) is 0.519. The van der Waals surface area contributed by atoms with E-state index in [0.717, 1.165) is 39.1 Å². The van der Waals surface area contributed by atoms with Crippen molar-refractivity contribution in [2.24, 2.45) is 0 Å². The van der Waals surface area contributed by atoms with Gasteiger partial charge in [-0.05, 0) is 53.6 Å². The number of hydrogen-bond acceptors (Lipinski definition) is 6. The van der Waals surface area contributed by atoms with E-state index in [1.165, 1.54) is 0 Å². The molecule has 1 saturated carbocycles. The number of aromatic nitrogens is 6. The zero-order chi connectivity index (χ0) is 19.5. The first-order valence-electron chi connectivity index (χ1n) is 9.50. The molecule has 146 valence electrons. The van der Waals surface area contributed by atoms with Crippen LogP contribution in [0.1, 0.15) is 58.5 Å². The third-order valence-electron chi connectivity index (χ3n) is 5.48. The largest absolute Gasteiger partial charge is 0.417 e. The number of nitrogens with zero attached hydrogens (tertiary/aromatic N) is 6. The van der Waals surface area contributed by atoms with Crippen molar-refractivity contribution in [3.8, 4) is 0 Å². The monoisotopic (exact) mass is 501 g/mol. The van der Waals surface area contributed by atoms with Crippen molar-refractivity contribution in [2.45, 2.75) is 31.2 Å². The fourth-order valence-corrected chi connectivity index (χ4v) is 4.46. The highest BCUT2D eigenvalue weighted by Crippen LogP contribution is 2.39. The zero-order valence-electron chi connectivity index (χ0n) is 15.2. The maximum Gasteiger partial charge on any atom is 0.312 e. The Kier molecular flexibility index (Phi) is 3.76. The molecule has 1 aliphatic heterocycles. The topological polar surface area (TPSA) is 105 Å². The van der Waals surface area contributed by atoms with Gasteiger partial charge in [0.2, 0.25) is 5.89 Å². The summed E-state index contributed by atoms with van der Waals surface area (Å²) in [5.41, 5.74) is 3.56. The summed E-state index contributed by atoms with van der Waals surface area (Å²) >= 11 is 2.25. The number of carbonyl (C=O) groups is 1. The Bertz CT molecular complexity index is 1240. The molecule has 1 N–H and O–H groups in total. The van der Waals surface area contributed by atoms with E-state index in [1.807, 2.05) is 28.8 Å². The van der Waals surface area contributed by atoms with Crippen LogP contribution in [0.15, 0.2) is 35.0 Å². The first-order chi connectivity index (χ1) is 14.2. The van der Waals surface area contributed by atoms with Crippen LogP contribution in [0.5, 0.6) is 0 Å². The normalized spacial score (nSPS) is 18.9. The average Bonchev–Trinajstić information content (AvgIpc) is 3.13. The molecule has 0 aromatic carbocycles. The highest BCUT2D eigenvalue weighted by Gasteiger charge is 2.39. The molecule has 10 heteroatoms. The van der Waals surface area contributed by atoms with E-state index in [9.17, 15) is 4.79 Å². The number of imidazole rings is 1. The summed E-state index contributed by atoms with van der Waals surface area (Å²) in [4.78, 5) is 22.7. The number of hydrogen-bond donors (Lipinski definition) is 1. The molecule has 0 saturated heterocycles. The van der Waals surface area contributed by atoms with Crippen molar-refractivity contribution in [1.29, 1.82) is 0 Å². The van der Waals surface area contributed by atoms with Gasteiger partial charge in [-0.15, -0.1) is 10.2 Å². The molecule has 1 fully saturated rings. The van der Waals surface area contributed by atoms with Gasteiger partial charge in [-0.1, -0.05) is 6.07 Å². The van der Waals surface area contributed by atoms with Crippen LogP contribution in [0.4, 0.5) is 0 Å². The van der Waals surface area contributed by atoms with Gasteiger partial charge in [-0.25, -0.2) is 9.50 Å². The fourth-order valence-electron chi connectivity index (χ4n) is 3.87. The molecule has 9 nitrogen and oxygen atoms in total. The van der Waals surface area contributed by atoms with E-state index in [4.69, 9.17) is 9.52 Å². The number of amides is 1. The summed E-state index contributed by atoms with van der Waals surface area (Å²) in [6.07, 6.45) is 4.44. The highest BCUT2D eigenvalue weighted by molar-refractivity contribution is 14.1. The van der Waals surface area contributed by atoms with Crippen LogP contribution >= 0.6 is 22.6 Å². The Morgan fingerprint density at radius 3 is 3.00 bits per heavy atom. The van der Waals surface area contributed by atoms with Crippen LogP contribution in [-0.2, 0) is 6.42 Å². The minimum Gasteiger partial charge on any atom is -0.417 e. The number of halogens is 1. The maximum absolute atomic E-state index is 13.3. The van der Waals surface area contributed by atoms with Crippen LogP contribution in [0.3, 0.4) is 0 Å². The molecule has 4 aromatic heterocycles. The van der Waals surface area contributed by atoms with Crippen molar-refractivity contribution < 1.29 is 9.21 Å². The van der Waals surface area contributed by atoms with Gasteiger partial charge < -0.3 is 14.3 Å². The van der Waals surface area contributed by atoms with Crippen LogP contribution in [0.25, 0.3) is 5.52 Å². The van der Waals surface area contributed by atoms with Crippen LogP contribution < -0.4 is 0 Å². The first-order valence-corrected chi connectivity index (χ1v) is 10.6. The summed E-state index contributed by atoms with van der Waals surface area (Å²) < 4.78 is 8.55. The number of H-pyrrole nitrogens is 1. The van der Waals surface area contributed by atoms with E-state index < -0.39 is 6.04 Å². The van der Waals surface area contributed by atoms with Gasteiger partial charge in [0.15, 0.2) is 0 Å². The maximum atomic E-state index is 13.3. The summed E-state index contributed by atoms with van der Waals surface area (Å²) in [5, 5.41) is 12.9. The molecule has 0 bridgehead atoms. The summed E-state index contributed by atoms with van der Waals surface area (Å²) in [7, 11) is 0. The lowest BCUT2D eigenvalue weighted by Gasteiger charge is -2.32. The number of rotatable bonds is 3. The van der Waals surface area contributed by atoms with E-state index in [1.54, 1.807) is 11.2 Å². The number of carbonyl (C=O) groups excluding carboxylic acids is 1. The van der Waals surface area contributed by atoms with Gasteiger partial charge in [0.25, 0.3) is 0 Å². The number of nitrogens with one attached hydrogen (secondary N) is 1. The second-order valence-electron chi connectivity index (χ2n) is 7.39. The van der Waals surface area contributed by atoms with E-state index in [-0.39, 0.29) is 11.8 Å². The summed E-state index contributed by atoms with van der Waals surface area (Å²) in [5.74, 6) is 0.619. The Morgan fingerprint density at radius 1 is 1.28 bits per heavy atom. The predicted molar refractivity (Wildman–Crippen MR) is 109 cm³/mol. The molecule has 0 unspecified atom stereocenters. The molecule has 4 aromatic rings. The van der Waals surface area contributed by atoms with Crippen LogP contribution in [-0.4, -0.2) is 47.1 Å². The minimum atomic E-state index is -0.413. The lowest BCUT2D eigenvalue weighted by molar-refractivity contribution is 0.0644. The number of pyridine rings is 1. The molecule has 2 aliphatic rings. The van der Waals surface area contributed by atoms with Crippen LogP contribution in [0.2, 0.25) is 0 Å². The van der Waals surface area contributed by atoms with Gasteiger partial charge in [-0.2, -0.15) is 5.10 Å². The molecule has 1 aliphatic carbocycles. The van der Waals surface area contributed by atoms with Crippen molar-refractivity contribution in [2.75, 3.05) is 6.54 Å². The summed E-state index contributed by atoms with van der Waals surface area (Å²) in [6, 6.07) is 7.57. The van der Waals surface area contributed by atoms with Gasteiger partial charge >= 0.3 is 11.8 Å². The van der Waals surface area contributed by atoms with Crippen molar-refractivity contribution >= 4 is 34.0 Å². The average molecular weight is 501 g/mol. The van der Waals surface area contributed by atoms with Gasteiger partial charge in [-0.3, -0.25) is 4.79 Å². The SMILES string of the molecule is O=C(c1nnc(C2CC2)o1)N1CCc2[nH]cnc2[C@H]1c1cc2cccc(I)n2n1. The van der Waals surface area contributed by atoms with Gasteiger partial charge in [0, 0.05) is 24.6 Å². The number of fused-ring (bicyclic) bond motifs is 2. The third kappa shape index (κ3) is 2.76. The van der Waals surface area contributed by atoms with E-state index in [0.29, 0.717) is 24.8 Å². The molecule has 5 heterocycles. The lowest BCUT2D eigenvalue weighted by atomic mass is 9.99. The Balaban J connectivity index is 1.44. The predicted octanol–water partition coefficient (Wildman–Crippen LogP) is 2.71.